The summed E-state index contributed by atoms with van der Waals surface area (Å²) < 4.78 is 6.28. The third-order valence-electron chi connectivity index (χ3n) is 8.35. The fourth-order valence-corrected chi connectivity index (χ4v) is 6.90. The van der Waals surface area contributed by atoms with E-state index in [0.717, 1.165) is 29.8 Å². The van der Waals surface area contributed by atoms with Gasteiger partial charge in [0.15, 0.2) is 0 Å². The Morgan fingerprint density at radius 3 is 2.64 bits per heavy atom. The normalized spacial score (nSPS) is 52.0. The van der Waals surface area contributed by atoms with Crippen molar-refractivity contribution in [3.05, 3.63) is 0 Å². The zero-order chi connectivity index (χ0) is 17.1. The molecule has 142 valence electrons. The summed E-state index contributed by atoms with van der Waals surface area (Å²) in [6.45, 7) is 4.97. The van der Waals surface area contributed by atoms with E-state index in [0.29, 0.717) is 18.5 Å². The molecule has 4 aliphatic heterocycles. The Bertz CT molecular complexity index is 500. The molecule has 8 atom stereocenters. The number of nitrogens with zero attached hydrogens (tertiary/aromatic N) is 3. The van der Waals surface area contributed by atoms with E-state index >= 15 is 0 Å². The van der Waals surface area contributed by atoms with Crippen molar-refractivity contribution in [3.63, 3.8) is 0 Å². The Morgan fingerprint density at radius 1 is 0.920 bits per heavy atom. The lowest BCUT2D eigenvalue weighted by Gasteiger charge is -2.49. The first-order chi connectivity index (χ1) is 12.1. The number of ether oxygens (including phenoxy) is 1. The molecule has 5 aliphatic rings. The molecule has 0 radical (unpaired) electrons. The van der Waals surface area contributed by atoms with Crippen molar-refractivity contribution in [2.45, 2.75) is 88.9 Å². The second kappa shape index (κ2) is 6.47. The van der Waals surface area contributed by atoms with Crippen LogP contribution in [0.3, 0.4) is 0 Å². The summed E-state index contributed by atoms with van der Waals surface area (Å²) in [5.41, 5.74) is 0. The Morgan fingerprint density at radius 2 is 1.80 bits per heavy atom. The molecule has 0 N–H and O–H groups in total. The van der Waals surface area contributed by atoms with Crippen LogP contribution in [0.1, 0.15) is 58.3 Å². The van der Waals surface area contributed by atoms with E-state index < -0.39 is 0 Å². The van der Waals surface area contributed by atoms with Crippen LogP contribution >= 0.6 is 0 Å². The van der Waals surface area contributed by atoms with E-state index in [1.807, 2.05) is 0 Å². The highest BCUT2D eigenvalue weighted by atomic mass is 16.6. The highest BCUT2D eigenvalue weighted by Crippen LogP contribution is 2.50. The molecule has 5 rings (SSSR count). The van der Waals surface area contributed by atoms with E-state index in [9.17, 15) is 0 Å². The fourth-order valence-electron chi connectivity index (χ4n) is 6.90. The number of epoxide rings is 1. The first kappa shape index (κ1) is 17.0. The van der Waals surface area contributed by atoms with Crippen molar-refractivity contribution in [2.75, 3.05) is 27.2 Å². The summed E-state index contributed by atoms with van der Waals surface area (Å²) >= 11 is 0. The second-order valence-electron chi connectivity index (χ2n) is 9.86. The molecule has 1 saturated carbocycles. The van der Waals surface area contributed by atoms with Gasteiger partial charge in [-0.25, -0.2) is 0 Å². The molecule has 0 spiro atoms. The van der Waals surface area contributed by atoms with Gasteiger partial charge in [0.25, 0.3) is 0 Å². The van der Waals surface area contributed by atoms with Crippen LogP contribution < -0.4 is 0 Å². The van der Waals surface area contributed by atoms with Crippen LogP contribution in [0.5, 0.6) is 0 Å². The van der Waals surface area contributed by atoms with Gasteiger partial charge in [-0.05, 0) is 77.4 Å². The Balaban J connectivity index is 1.35. The van der Waals surface area contributed by atoms with Crippen LogP contribution in [0, 0.1) is 17.8 Å². The van der Waals surface area contributed by atoms with Gasteiger partial charge in [-0.15, -0.1) is 0 Å². The van der Waals surface area contributed by atoms with Gasteiger partial charge >= 0.3 is 0 Å². The van der Waals surface area contributed by atoms with Gasteiger partial charge in [0.1, 0.15) is 12.3 Å². The van der Waals surface area contributed by atoms with Crippen molar-refractivity contribution in [1.29, 1.82) is 0 Å². The molecule has 0 aromatic heterocycles. The van der Waals surface area contributed by atoms with E-state index in [4.69, 9.17) is 4.74 Å². The van der Waals surface area contributed by atoms with Gasteiger partial charge in [-0.3, -0.25) is 9.80 Å². The molecule has 4 heterocycles. The monoisotopic (exact) mass is 347 g/mol. The van der Waals surface area contributed by atoms with Gasteiger partial charge < -0.3 is 9.64 Å². The van der Waals surface area contributed by atoms with Gasteiger partial charge in [-0.2, -0.15) is 0 Å². The average Bonchev–Trinajstić information content (AvgIpc) is 3.41. The zero-order valence-electron chi connectivity index (χ0n) is 16.4. The molecular weight excluding hydrogens is 310 g/mol. The van der Waals surface area contributed by atoms with E-state index in [1.165, 1.54) is 64.5 Å². The molecule has 1 aliphatic carbocycles. The van der Waals surface area contributed by atoms with Gasteiger partial charge in [0.2, 0.25) is 0 Å². The Hall–Kier alpha value is -0.160. The van der Waals surface area contributed by atoms with Gasteiger partial charge in [-0.1, -0.05) is 13.3 Å². The highest BCUT2D eigenvalue weighted by Gasteiger charge is 2.59. The topological polar surface area (TPSA) is 22.2 Å². The Labute approximate surface area is 153 Å². The molecule has 4 heteroatoms. The van der Waals surface area contributed by atoms with Gasteiger partial charge in [0.05, 0.1) is 6.17 Å². The quantitative estimate of drug-likeness (QED) is 0.680. The molecule has 0 amide bonds. The SMILES string of the molecule is CC1CCC2N(C)C3CC(C4CCCCN4C)CCC3C3OC3N2C1. The first-order valence-electron chi connectivity index (χ1n) is 11.0. The van der Waals surface area contributed by atoms with Crippen molar-refractivity contribution in [1.82, 2.24) is 14.7 Å². The first-order valence-corrected chi connectivity index (χ1v) is 11.0. The molecule has 4 nitrogen and oxygen atoms in total. The third-order valence-corrected chi connectivity index (χ3v) is 8.35. The number of rotatable bonds is 1. The maximum Gasteiger partial charge on any atom is 0.139 e. The summed E-state index contributed by atoms with van der Waals surface area (Å²) in [5, 5.41) is 0. The zero-order valence-corrected chi connectivity index (χ0v) is 16.4. The molecule has 0 aromatic carbocycles. The minimum absolute atomic E-state index is 0.444. The van der Waals surface area contributed by atoms with Crippen molar-refractivity contribution in [3.8, 4) is 0 Å². The van der Waals surface area contributed by atoms with Crippen LogP contribution in [0.25, 0.3) is 0 Å². The summed E-state index contributed by atoms with van der Waals surface area (Å²) in [6, 6.07) is 1.58. The number of likely N-dealkylation sites (tertiary alicyclic amines) is 1. The lowest BCUT2D eigenvalue weighted by Crippen LogP contribution is -2.56. The van der Waals surface area contributed by atoms with Crippen LogP contribution in [-0.2, 0) is 4.74 Å². The van der Waals surface area contributed by atoms with E-state index in [1.54, 1.807) is 0 Å². The minimum atomic E-state index is 0.444. The maximum atomic E-state index is 6.28. The smallest absolute Gasteiger partial charge is 0.139 e. The van der Waals surface area contributed by atoms with Crippen LogP contribution in [0.2, 0.25) is 0 Å². The maximum absolute atomic E-state index is 6.28. The summed E-state index contributed by atoms with van der Waals surface area (Å²) in [6.07, 6.45) is 12.8. The molecule has 0 aromatic rings. The lowest BCUT2D eigenvalue weighted by molar-refractivity contribution is -0.0615. The van der Waals surface area contributed by atoms with Crippen molar-refractivity contribution in [2.24, 2.45) is 17.8 Å². The summed E-state index contributed by atoms with van der Waals surface area (Å²) in [7, 11) is 4.81. The van der Waals surface area contributed by atoms with Crippen LogP contribution in [0.15, 0.2) is 0 Å². The lowest BCUT2D eigenvalue weighted by atomic mass is 9.72. The average molecular weight is 348 g/mol. The highest BCUT2D eigenvalue weighted by molar-refractivity contribution is 5.06. The largest absolute Gasteiger partial charge is 0.353 e. The molecule has 4 saturated heterocycles. The predicted octanol–water partition coefficient (Wildman–Crippen LogP) is 2.98. The summed E-state index contributed by atoms with van der Waals surface area (Å²) in [4.78, 5) is 8.19. The van der Waals surface area contributed by atoms with E-state index in [-0.39, 0.29) is 0 Å². The molecule has 8 unspecified atom stereocenters. The second-order valence-corrected chi connectivity index (χ2v) is 9.86. The number of piperidine rings is 2. The van der Waals surface area contributed by atoms with Gasteiger partial charge in [0, 0.05) is 24.5 Å². The number of hydrogen-bond acceptors (Lipinski definition) is 4. The Kier molecular flexibility index (Phi) is 4.39. The molecule has 0 bridgehead atoms. The molecule has 25 heavy (non-hydrogen) atoms. The van der Waals surface area contributed by atoms with Crippen LogP contribution in [0.4, 0.5) is 0 Å². The van der Waals surface area contributed by atoms with E-state index in [2.05, 4.69) is 35.7 Å². The van der Waals surface area contributed by atoms with Crippen LogP contribution in [-0.4, -0.2) is 72.5 Å². The third kappa shape index (κ3) is 2.88. The molecular formula is C21H37N3O. The van der Waals surface area contributed by atoms with Crippen molar-refractivity contribution < 1.29 is 4.74 Å². The minimum Gasteiger partial charge on any atom is -0.353 e. The standard InChI is InChI=1S/C21H37N3O/c1-14-7-10-19-23(3)18-12-15(17-6-4-5-11-22(17)2)8-9-16(18)20-21(25-20)24(19)13-14/h14-21H,4-13H2,1-3H3. The number of hydrogen-bond donors (Lipinski definition) is 0. The predicted molar refractivity (Wildman–Crippen MR) is 100 cm³/mol. The fraction of sp³-hybridized carbons (Fsp3) is 1.00. The molecule has 5 fully saturated rings. The summed E-state index contributed by atoms with van der Waals surface area (Å²) in [5.74, 6) is 2.51. The number of fused-ring (bicyclic) bond motifs is 5. The van der Waals surface area contributed by atoms with Crippen molar-refractivity contribution >= 4 is 0 Å².